The van der Waals surface area contributed by atoms with Crippen LogP contribution in [0.2, 0.25) is 0 Å². The maximum absolute atomic E-state index is 11.6. The fourth-order valence-corrected chi connectivity index (χ4v) is 2.93. The van der Waals surface area contributed by atoms with Crippen molar-refractivity contribution in [2.45, 2.75) is 18.9 Å². The van der Waals surface area contributed by atoms with Crippen molar-refractivity contribution in [3.05, 3.63) is 59.5 Å². The Labute approximate surface area is 140 Å². The van der Waals surface area contributed by atoms with Gasteiger partial charge in [0, 0.05) is 0 Å². The number of carbonyl (C=O) groups excluding carboxylic acids is 1. The third kappa shape index (κ3) is 3.90. The molecule has 0 fully saturated rings. The third-order valence-corrected chi connectivity index (χ3v) is 4.04. The average Bonchev–Trinajstić information content (AvgIpc) is 3.22. The van der Waals surface area contributed by atoms with Crippen molar-refractivity contribution in [3.8, 4) is 0 Å². The van der Waals surface area contributed by atoms with Crippen molar-refractivity contribution in [2.75, 3.05) is 13.2 Å². The number of ether oxygens (including phenoxy) is 1. The van der Waals surface area contributed by atoms with Crippen molar-refractivity contribution in [3.63, 3.8) is 0 Å². The first-order chi connectivity index (χ1) is 11.2. The van der Waals surface area contributed by atoms with Crippen LogP contribution in [0.5, 0.6) is 0 Å². The molecule has 23 heavy (non-hydrogen) atoms. The Morgan fingerprint density at radius 3 is 3.00 bits per heavy atom. The minimum absolute atomic E-state index is 0.202. The lowest BCUT2D eigenvalue weighted by atomic mass is 10.1. The van der Waals surface area contributed by atoms with Gasteiger partial charge in [0.25, 0.3) is 0 Å². The molecular weight excluding hydrogens is 312 g/mol. The zero-order chi connectivity index (χ0) is 16.1. The largest absolute Gasteiger partial charge is 0.458 e. The normalized spacial score (nSPS) is 15.7. The number of nitrogens with one attached hydrogen (secondary N) is 2. The number of thiocarbonyl (C=S) groups is 1. The molecule has 5 nitrogen and oxygen atoms in total. The van der Waals surface area contributed by atoms with E-state index in [1.807, 2.05) is 6.07 Å². The van der Waals surface area contributed by atoms with E-state index >= 15 is 0 Å². The van der Waals surface area contributed by atoms with E-state index in [1.165, 1.54) is 17.4 Å². The number of hydrogen-bond donors (Lipinski definition) is 2. The van der Waals surface area contributed by atoms with Gasteiger partial charge in [0.05, 0.1) is 18.8 Å². The van der Waals surface area contributed by atoms with Crippen LogP contribution >= 0.6 is 12.2 Å². The Morgan fingerprint density at radius 2 is 2.17 bits per heavy atom. The van der Waals surface area contributed by atoms with Gasteiger partial charge in [0.2, 0.25) is 5.76 Å². The molecule has 0 saturated carbocycles. The van der Waals surface area contributed by atoms with E-state index in [-0.39, 0.29) is 18.4 Å². The highest BCUT2D eigenvalue weighted by molar-refractivity contribution is 7.80. The van der Waals surface area contributed by atoms with Gasteiger partial charge < -0.3 is 19.8 Å². The predicted octanol–water partition coefficient (Wildman–Crippen LogP) is 2.59. The second-order valence-corrected chi connectivity index (χ2v) is 5.71. The maximum Gasteiger partial charge on any atom is 0.374 e. The molecule has 3 rings (SSSR count). The highest BCUT2D eigenvalue weighted by atomic mass is 32.1. The Bertz CT molecular complexity index is 685. The number of esters is 1. The van der Waals surface area contributed by atoms with Gasteiger partial charge in [-0.3, -0.25) is 0 Å². The first-order valence-corrected chi connectivity index (χ1v) is 7.97. The number of furan rings is 1. The maximum atomic E-state index is 11.6. The van der Waals surface area contributed by atoms with E-state index in [9.17, 15) is 4.79 Å². The molecule has 1 aromatic heterocycles. The average molecular weight is 330 g/mol. The van der Waals surface area contributed by atoms with E-state index in [0.29, 0.717) is 11.7 Å². The van der Waals surface area contributed by atoms with Gasteiger partial charge in [0.15, 0.2) is 5.11 Å². The Kier molecular flexibility index (Phi) is 4.92. The number of hydrogen-bond acceptors (Lipinski definition) is 4. The molecular formula is C17H18N2O3S. The summed E-state index contributed by atoms with van der Waals surface area (Å²) >= 11 is 5.30. The van der Waals surface area contributed by atoms with E-state index < -0.39 is 5.97 Å². The minimum Gasteiger partial charge on any atom is -0.458 e. The Balaban J connectivity index is 1.38. The van der Waals surface area contributed by atoms with E-state index in [1.54, 1.807) is 12.1 Å². The summed E-state index contributed by atoms with van der Waals surface area (Å²) in [5.74, 6) is -0.270. The smallest absolute Gasteiger partial charge is 0.374 e. The molecule has 1 aliphatic carbocycles. The highest BCUT2D eigenvalue weighted by Crippen LogP contribution is 2.30. The molecule has 1 heterocycles. The topological polar surface area (TPSA) is 63.5 Å². The molecule has 6 heteroatoms. The molecule has 0 amide bonds. The lowest BCUT2D eigenvalue weighted by Crippen LogP contribution is -2.38. The summed E-state index contributed by atoms with van der Waals surface area (Å²) in [5, 5.41) is 6.94. The fourth-order valence-electron chi connectivity index (χ4n) is 2.69. The van der Waals surface area contributed by atoms with E-state index in [0.717, 1.165) is 12.8 Å². The quantitative estimate of drug-likeness (QED) is 0.499. The van der Waals surface area contributed by atoms with Gasteiger partial charge in [0.1, 0.15) is 6.61 Å². The second kappa shape index (κ2) is 7.28. The second-order valence-electron chi connectivity index (χ2n) is 5.30. The molecule has 0 saturated heterocycles. The van der Waals surface area contributed by atoms with Gasteiger partial charge in [-0.1, -0.05) is 24.3 Å². The van der Waals surface area contributed by atoms with Crippen LogP contribution in [-0.2, 0) is 11.2 Å². The number of rotatable bonds is 5. The van der Waals surface area contributed by atoms with Crippen LogP contribution in [0.3, 0.4) is 0 Å². The van der Waals surface area contributed by atoms with Crippen LogP contribution in [-0.4, -0.2) is 24.2 Å². The predicted molar refractivity (Wildman–Crippen MR) is 90.2 cm³/mol. The molecule has 120 valence electrons. The monoisotopic (exact) mass is 330 g/mol. The number of benzene rings is 1. The standard InChI is InChI=1S/C17H18N2O3S/c20-16(15-6-3-10-21-15)22-11-9-18-17(23)19-14-8-7-12-4-1-2-5-13(12)14/h1-6,10,14H,7-9,11H2,(H2,18,19,23)/t14-/m0/s1. The van der Waals surface area contributed by atoms with Crippen LogP contribution in [0.1, 0.15) is 34.1 Å². The van der Waals surface area contributed by atoms with Gasteiger partial charge in [-0.05, 0) is 48.3 Å². The van der Waals surface area contributed by atoms with Crippen molar-refractivity contribution in [1.82, 2.24) is 10.6 Å². The first-order valence-electron chi connectivity index (χ1n) is 7.57. The summed E-state index contributed by atoms with van der Waals surface area (Å²) < 4.78 is 10.0. The summed E-state index contributed by atoms with van der Waals surface area (Å²) in [5.41, 5.74) is 2.68. The Hall–Kier alpha value is -2.34. The van der Waals surface area contributed by atoms with Crippen LogP contribution in [0, 0.1) is 0 Å². The Morgan fingerprint density at radius 1 is 1.30 bits per heavy atom. The summed E-state index contributed by atoms with van der Waals surface area (Å²) in [6, 6.07) is 11.9. The summed E-state index contributed by atoms with van der Waals surface area (Å²) in [6.45, 7) is 0.676. The lowest BCUT2D eigenvalue weighted by Gasteiger charge is -2.17. The molecule has 1 aliphatic rings. The summed E-state index contributed by atoms with van der Waals surface area (Å²) in [4.78, 5) is 11.6. The molecule has 1 atom stereocenters. The number of aryl methyl sites for hydroxylation is 1. The summed E-state index contributed by atoms with van der Waals surface area (Å²) in [7, 11) is 0. The summed E-state index contributed by atoms with van der Waals surface area (Å²) in [6.07, 6.45) is 3.54. The third-order valence-electron chi connectivity index (χ3n) is 3.78. The molecule has 0 unspecified atom stereocenters. The molecule has 0 spiro atoms. The van der Waals surface area contributed by atoms with Crippen LogP contribution in [0.15, 0.2) is 47.1 Å². The van der Waals surface area contributed by atoms with Gasteiger partial charge in [-0.25, -0.2) is 4.79 Å². The van der Waals surface area contributed by atoms with Crippen molar-refractivity contribution < 1.29 is 13.9 Å². The molecule has 0 aliphatic heterocycles. The van der Waals surface area contributed by atoms with Crippen molar-refractivity contribution >= 4 is 23.3 Å². The van der Waals surface area contributed by atoms with Gasteiger partial charge in [-0.2, -0.15) is 0 Å². The molecule has 2 aromatic rings. The minimum atomic E-state index is -0.472. The van der Waals surface area contributed by atoms with Gasteiger partial charge >= 0.3 is 5.97 Å². The zero-order valence-corrected chi connectivity index (χ0v) is 13.4. The number of carbonyl (C=O) groups is 1. The zero-order valence-electron chi connectivity index (χ0n) is 12.6. The van der Waals surface area contributed by atoms with Crippen molar-refractivity contribution in [1.29, 1.82) is 0 Å². The molecule has 0 radical (unpaired) electrons. The van der Waals surface area contributed by atoms with E-state index in [4.69, 9.17) is 21.4 Å². The van der Waals surface area contributed by atoms with Crippen LogP contribution in [0.25, 0.3) is 0 Å². The molecule has 2 N–H and O–H groups in total. The highest BCUT2D eigenvalue weighted by Gasteiger charge is 2.22. The SMILES string of the molecule is O=C(OCCNC(=S)N[C@H]1CCc2ccccc21)c1ccco1. The number of fused-ring (bicyclic) bond motifs is 1. The lowest BCUT2D eigenvalue weighted by molar-refractivity contribution is 0.0476. The van der Waals surface area contributed by atoms with Crippen LogP contribution in [0.4, 0.5) is 0 Å². The fraction of sp³-hybridized carbons (Fsp3) is 0.294. The van der Waals surface area contributed by atoms with Crippen molar-refractivity contribution in [2.24, 2.45) is 0 Å². The van der Waals surface area contributed by atoms with Crippen LogP contribution < -0.4 is 10.6 Å². The van der Waals surface area contributed by atoms with E-state index in [2.05, 4.69) is 28.8 Å². The van der Waals surface area contributed by atoms with Gasteiger partial charge in [-0.15, -0.1) is 0 Å². The molecule has 0 bridgehead atoms. The molecule has 1 aromatic carbocycles. The first kappa shape index (κ1) is 15.6.